The van der Waals surface area contributed by atoms with Crippen molar-refractivity contribution in [3.63, 3.8) is 0 Å². The van der Waals surface area contributed by atoms with Gasteiger partial charge in [0.25, 0.3) is 0 Å². The second kappa shape index (κ2) is 4.56. The Kier molecular flexibility index (Phi) is 4.40. The van der Waals surface area contributed by atoms with Crippen molar-refractivity contribution in [2.24, 2.45) is 0 Å². The Labute approximate surface area is 63.8 Å². The predicted octanol–water partition coefficient (Wildman–Crippen LogP) is 2.51. The minimum absolute atomic E-state index is 1.03. The van der Waals surface area contributed by atoms with E-state index < -0.39 is 0 Å². The van der Waals surface area contributed by atoms with Crippen molar-refractivity contribution in [1.29, 1.82) is 0 Å². The monoisotopic (exact) mass is 190 g/mol. The van der Waals surface area contributed by atoms with E-state index in [2.05, 4.69) is 26.1 Å². The zero-order chi connectivity index (χ0) is 7.28. The lowest BCUT2D eigenvalue weighted by molar-refractivity contribution is 1.05. The van der Waals surface area contributed by atoms with Crippen molar-refractivity contribution in [1.82, 2.24) is 10.2 Å². The summed E-state index contributed by atoms with van der Waals surface area (Å²) in [5.74, 6) is 0. The van der Waals surface area contributed by atoms with Gasteiger partial charge in [-0.2, -0.15) is 5.10 Å². The fourth-order valence-corrected chi connectivity index (χ4v) is 0.527. The zero-order valence-electron chi connectivity index (χ0n) is 5.90. The van der Waals surface area contributed by atoms with Gasteiger partial charge in [-0.1, -0.05) is 13.8 Å². The van der Waals surface area contributed by atoms with Gasteiger partial charge in [0, 0.05) is 5.69 Å². The standard InChI is InChI=1S/C4H5BrN2.C2H6/c1-3-4(5)2-6-7-3;1-2/h2H,1H3,(H,6,7);1-2H3. The normalized spacial score (nSPS) is 8.00. The fourth-order valence-electron chi connectivity index (χ4n) is 0.336. The van der Waals surface area contributed by atoms with Crippen molar-refractivity contribution >= 4 is 15.9 Å². The van der Waals surface area contributed by atoms with Gasteiger partial charge < -0.3 is 0 Å². The van der Waals surface area contributed by atoms with Crippen LogP contribution in [0.1, 0.15) is 19.5 Å². The highest BCUT2D eigenvalue weighted by molar-refractivity contribution is 9.10. The molecule has 0 aliphatic carbocycles. The van der Waals surface area contributed by atoms with Crippen LogP contribution in [0.5, 0.6) is 0 Å². The lowest BCUT2D eigenvalue weighted by Gasteiger charge is -1.76. The van der Waals surface area contributed by atoms with E-state index in [1.807, 2.05) is 20.8 Å². The molecule has 1 rings (SSSR count). The van der Waals surface area contributed by atoms with Gasteiger partial charge >= 0.3 is 0 Å². The maximum atomic E-state index is 3.75. The van der Waals surface area contributed by atoms with Crippen LogP contribution >= 0.6 is 15.9 Å². The number of halogens is 1. The van der Waals surface area contributed by atoms with E-state index in [0.29, 0.717) is 0 Å². The molecule has 0 unspecified atom stereocenters. The first-order valence-electron chi connectivity index (χ1n) is 2.96. The number of nitrogens with one attached hydrogen (secondary N) is 1. The molecule has 0 bridgehead atoms. The van der Waals surface area contributed by atoms with E-state index in [1.54, 1.807) is 6.20 Å². The minimum atomic E-state index is 1.03. The molecule has 1 aromatic rings. The Bertz CT molecular complexity index is 143. The molecule has 0 saturated carbocycles. The summed E-state index contributed by atoms with van der Waals surface area (Å²) in [5.41, 5.74) is 1.07. The van der Waals surface area contributed by atoms with Gasteiger partial charge in [0.2, 0.25) is 0 Å². The number of nitrogens with zero attached hydrogens (tertiary/aromatic N) is 1. The van der Waals surface area contributed by atoms with Crippen LogP contribution in [0.4, 0.5) is 0 Å². The van der Waals surface area contributed by atoms with Gasteiger partial charge in [0.15, 0.2) is 0 Å². The number of hydrogen-bond acceptors (Lipinski definition) is 1. The summed E-state index contributed by atoms with van der Waals surface area (Å²) in [7, 11) is 0. The summed E-state index contributed by atoms with van der Waals surface area (Å²) in [6.07, 6.45) is 1.73. The molecule has 2 nitrogen and oxygen atoms in total. The Morgan fingerprint density at radius 2 is 2.11 bits per heavy atom. The van der Waals surface area contributed by atoms with E-state index in [1.165, 1.54) is 0 Å². The number of aromatic amines is 1. The smallest absolute Gasteiger partial charge is 0.0632 e. The molecule has 0 aromatic carbocycles. The Morgan fingerprint density at radius 3 is 2.22 bits per heavy atom. The first kappa shape index (κ1) is 8.69. The first-order chi connectivity index (χ1) is 4.30. The Hall–Kier alpha value is -0.310. The highest BCUT2D eigenvalue weighted by Crippen LogP contribution is 2.09. The molecule has 0 amide bonds. The molecule has 1 N–H and O–H groups in total. The molecule has 1 aromatic heterocycles. The van der Waals surface area contributed by atoms with Crippen LogP contribution in [0, 0.1) is 6.92 Å². The third kappa shape index (κ3) is 2.65. The van der Waals surface area contributed by atoms with E-state index in [4.69, 9.17) is 0 Å². The van der Waals surface area contributed by atoms with Crippen molar-refractivity contribution < 1.29 is 0 Å². The molecule has 0 atom stereocenters. The third-order valence-corrected chi connectivity index (χ3v) is 1.57. The second-order valence-corrected chi connectivity index (χ2v) is 2.20. The number of H-pyrrole nitrogens is 1. The van der Waals surface area contributed by atoms with Crippen LogP contribution in [0.25, 0.3) is 0 Å². The van der Waals surface area contributed by atoms with Crippen molar-refractivity contribution in [2.75, 3.05) is 0 Å². The summed E-state index contributed by atoms with van der Waals surface area (Å²) in [4.78, 5) is 0. The molecule has 3 heteroatoms. The molecular weight excluding hydrogens is 180 g/mol. The summed E-state index contributed by atoms with van der Waals surface area (Å²) >= 11 is 3.27. The van der Waals surface area contributed by atoms with Gasteiger partial charge in [0.1, 0.15) is 0 Å². The number of hydrogen-bond donors (Lipinski definition) is 1. The van der Waals surface area contributed by atoms with E-state index >= 15 is 0 Å². The average Bonchev–Trinajstić information content (AvgIpc) is 2.23. The van der Waals surface area contributed by atoms with Crippen molar-refractivity contribution in [3.8, 4) is 0 Å². The van der Waals surface area contributed by atoms with E-state index in [9.17, 15) is 0 Å². The highest BCUT2D eigenvalue weighted by Gasteiger charge is 1.89. The summed E-state index contributed by atoms with van der Waals surface area (Å²) < 4.78 is 1.03. The maximum Gasteiger partial charge on any atom is 0.0632 e. The lowest BCUT2D eigenvalue weighted by Crippen LogP contribution is -1.67. The van der Waals surface area contributed by atoms with E-state index in [0.717, 1.165) is 10.2 Å². The second-order valence-electron chi connectivity index (χ2n) is 1.34. The topological polar surface area (TPSA) is 28.7 Å². The van der Waals surface area contributed by atoms with Gasteiger partial charge in [-0.3, -0.25) is 5.10 Å². The van der Waals surface area contributed by atoms with Crippen LogP contribution in [0.15, 0.2) is 10.7 Å². The molecule has 0 spiro atoms. The van der Waals surface area contributed by atoms with Crippen molar-refractivity contribution in [3.05, 3.63) is 16.4 Å². The molecule has 0 fully saturated rings. The molecule has 1 heterocycles. The van der Waals surface area contributed by atoms with Crippen LogP contribution in [-0.2, 0) is 0 Å². The average molecular weight is 191 g/mol. The quantitative estimate of drug-likeness (QED) is 0.670. The van der Waals surface area contributed by atoms with Gasteiger partial charge in [-0.15, -0.1) is 0 Å². The summed E-state index contributed by atoms with van der Waals surface area (Å²) in [5, 5.41) is 6.52. The maximum absolute atomic E-state index is 3.75. The predicted molar refractivity (Wildman–Crippen MR) is 42.4 cm³/mol. The summed E-state index contributed by atoms with van der Waals surface area (Å²) in [6, 6.07) is 0. The van der Waals surface area contributed by atoms with Crippen LogP contribution in [0.3, 0.4) is 0 Å². The number of rotatable bonds is 0. The fraction of sp³-hybridized carbons (Fsp3) is 0.500. The largest absolute Gasteiger partial charge is 0.282 e. The van der Waals surface area contributed by atoms with Crippen LogP contribution < -0.4 is 0 Å². The van der Waals surface area contributed by atoms with Crippen LogP contribution in [0.2, 0.25) is 0 Å². The molecule has 0 saturated heterocycles. The van der Waals surface area contributed by atoms with Gasteiger partial charge in [-0.25, -0.2) is 0 Å². The lowest BCUT2D eigenvalue weighted by atomic mass is 10.5. The molecule has 0 aliphatic rings. The SMILES string of the molecule is CC.Cc1[nH]ncc1Br. The Morgan fingerprint density at radius 1 is 1.56 bits per heavy atom. The molecule has 52 valence electrons. The zero-order valence-corrected chi connectivity index (χ0v) is 7.49. The van der Waals surface area contributed by atoms with Crippen LogP contribution in [-0.4, -0.2) is 10.2 Å². The van der Waals surface area contributed by atoms with Gasteiger partial charge in [0.05, 0.1) is 10.7 Å². The molecule has 0 radical (unpaired) electrons. The summed E-state index contributed by atoms with van der Waals surface area (Å²) in [6.45, 7) is 5.96. The molecule has 9 heavy (non-hydrogen) atoms. The van der Waals surface area contributed by atoms with E-state index in [-0.39, 0.29) is 0 Å². The minimum Gasteiger partial charge on any atom is -0.282 e. The molecular formula is C6H11BrN2. The van der Waals surface area contributed by atoms with Crippen molar-refractivity contribution in [2.45, 2.75) is 20.8 Å². The molecule has 0 aliphatic heterocycles. The van der Waals surface area contributed by atoms with Gasteiger partial charge in [-0.05, 0) is 22.9 Å². The number of aryl methyl sites for hydroxylation is 1. The highest BCUT2D eigenvalue weighted by atomic mass is 79.9. The third-order valence-electron chi connectivity index (χ3n) is 0.768. The first-order valence-corrected chi connectivity index (χ1v) is 3.75. The number of aromatic nitrogens is 2. The Balaban J connectivity index is 0.000000291.